The van der Waals surface area contributed by atoms with Gasteiger partial charge in [0.05, 0.1) is 0 Å². The van der Waals surface area contributed by atoms with Gasteiger partial charge in [-0.15, -0.1) is 0 Å². The zero-order chi connectivity index (χ0) is 11.8. The highest BCUT2D eigenvalue weighted by atomic mass is 16.6. The predicted octanol–water partition coefficient (Wildman–Crippen LogP) is 3.21. The first-order valence-electron chi connectivity index (χ1n) is 4.95. The van der Waals surface area contributed by atoms with Crippen LogP contribution in [-0.2, 0) is 9.63 Å². The third kappa shape index (κ3) is 30.7. The molecule has 0 fully saturated rings. The molecule has 84 valence electrons. The number of hydrogen-bond donors (Lipinski definition) is 0. The Hall–Kier alpha value is -1.12. The molecule has 0 N–H and O–H groups in total. The quantitative estimate of drug-likeness (QED) is 0.230. The van der Waals surface area contributed by atoms with E-state index in [2.05, 4.69) is 30.4 Å². The Bertz CT molecular complexity index is 142. The van der Waals surface area contributed by atoms with Gasteiger partial charge in [-0.1, -0.05) is 51.9 Å². The van der Waals surface area contributed by atoms with Gasteiger partial charge >= 0.3 is 0 Å². The average molecular weight is 201 g/mol. The van der Waals surface area contributed by atoms with Crippen LogP contribution in [0.2, 0.25) is 0 Å². The summed E-state index contributed by atoms with van der Waals surface area (Å²) in [5.41, 5.74) is 0.330. The maximum atomic E-state index is 9.86. The fraction of sp³-hybridized carbons (Fsp3) is 0.636. The summed E-state index contributed by atoms with van der Waals surface area (Å²) in [6.45, 7) is 13.6. The molecule has 14 heavy (non-hydrogen) atoms. The number of carbonyl (C=O) groups excluding carboxylic acids is 1. The lowest BCUT2D eigenvalue weighted by Crippen LogP contribution is -1.93. The highest BCUT2D eigenvalue weighted by Crippen LogP contribution is 1.77. The molecule has 0 spiro atoms. The fourth-order valence-electron chi connectivity index (χ4n) is 0.213. The minimum Gasteiger partial charge on any atom is -0.391 e. The van der Waals surface area contributed by atoms with Gasteiger partial charge in [-0.3, -0.25) is 4.79 Å². The van der Waals surface area contributed by atoms with Crippen LogP contribution in [0.5, 0.6) is 0 Å². The van der Waals surface area contributed by atoms with Gasteiger partial charge in [-0.2, -0.15) is 0 Å². The molecule has 0 heterocycles. The van der Waals surface area contributed by atoms with E-state index in [1.165, 1.54) is 6.42 Å². The maximum absolute atomic E-state index is 9.86. The summed E-state index contributed by atoms with van der Waals surface area (Å²) < 4.78 is 0. The summed E-state index contributed by atoms with van der Waals surface area (Å²) in [6.07, 6.45) is 3.44. The first-order valence-corrected chi connectivity index (χ1v) is 4.95. The van der Waals surface area contributed by atoms with Gasteiger partial charge in [0.2, 0.25) is 0 Å². The largest absolute Gasteiger partial charge is 0.391 e. The van der Waals surface area contributed by atoms with Gasteiger partial charge < -0.3 is 4.84 Å². The zero-order valence-electron chi connectivity index (χ0n) is 10.0. The van der Waals surface area contributed by atoms with E-state index in [4.69, 9.17) is 0 Å². The molecule has 0 bridgehead atoms. The Morgan fingerprint density at radius 1 is 1.43 bits per heavy atom. The molecule has 3 nitrogen and oxygen atoms in total. The Labute approximate surface area is 87.8 Å². The van der Waals surface area contributed by atoms with Crippen molar-refractivity contribution in [3.63, 3.8) is 0 Å². The number of nitrogens with zero attached hydrogens (tertiary/aromatic N) is 1. The lowest BCUT2D eigenvalue weighted by atomic mass is 10.5. The van der Waals surface area contributed by atoms with Crippen LogP contribution in [0.3, 0.4) is 0 Å². The number of rotatable bonds is 4. The van der Waals surface area contributed by atoms with Crippen molar-refractivity contribution in [3.8, 4) is 0 Å². The van der Waals surface area contributed by atoms with Crippen LogP contribution in [0.15, 0.2) is 17.8 Å². The van der Waals surface area contributed by atoms with E-state index < -0.39 is 0 Å². The van der Waals surface area contributed by atoms with E-state index in [9.17, 15) is 4.79 Å². The predicted molar refractivity (Wildman–Crippen MR) is 62.6 cm³/mol. The minimum absolute atomic E-state index is 0.330. The highest BCUT2D eigenvalue weighted by molar-refractivity contribution is 6.26. The molecular formula is C11H23NO2. The van der Waals surface area contributed by atoms with Crippen LogP contribution < -0.4 is 0 Å². The van der Waals surface area contributed by atoms with Gasteiger partial charge in [-0.25, -0.2) is 0 Å². The van der Waals surface area contributed by atoms with Gasteiger partial charge in [-0.05, 0) is 6.92 Å². The van der Waals surface area contributed by atoms with E-state index in [0.717, 1.165) is 0 Å². The summed E-state index contributed by atoms with van der Waals surface area (Å²) in [7, 11) is 0. The van der Waals surface area contributed by atoms with E-state index >= 15 is 0 Å². The van der Waals surface area contributed by atoms with Crippen molar-refractivity contribution < 1.29 is 9.63 Å². The molecule has 0 radical (unpaired) electrons. The van der Waals surface area contributed by atoms with Gasteiger partial charge in [0, 0.05) is 0 Å². The second kappa shape index (κ2) is 22.6. The Morgan fingerprint density at radius 2 is 1.86 bits per heavy atom. The van der Waals surface area contributed by atoms with Crippen molar-refractivity contribution in [3.05, 3.63) is 12.7 Å². The molecule has 0 aliphatic heterocycles. The van der Waals surface area contributed by atoms with Crippen LogP contribution >= 0.6 is 0 Å². The number of oxime groups is 1. The topological polar surface area (TPSA) is 38.7 Å². The lowest BCUT2D eigenvalue weighted by Gasteiger charge is -1.90. The third-order valence-electron chi connectivity index (χ3n) is 0.571. The molecule has 3 heteroatoms. The molecule has 0 rings (SSSR count). The van der Waals surface area contributed by atoms with Crippen LogP contribution in [0.1, 0.15) is 41.0 Å². The molecule has 0 saturated heterocycles. The molecule has 0 aromatic rings. The van der Waals surface area contributed by atoms with Crippen molar-refractivity contribution in [1.29, 1.82) is 0 Å². The first-order chi connectivity index (χ1) is 6.72. The fourth-order valence-corrected chi connectivity index (χ4v) is 0.213. The van der Waals surface area contributed by atoms with Crippen molar-refractivity contribution >= 4 is 12.0 Å². The molecule has 0 aliphatic rings. The molecule has 0 saturated carbocycles. The summed E-state index contributed by atoms with van der Waals surface area (Å²) >= 11 is 0. The van der Waals surface area contributed by atoms with Crippen molar-refractivity contribution in [1.82, 2.24) is 0 Å². The van der Waals surface area contributed by atoms with Gasteiger partial charge in [0.1, 0.15) is 12.3 Å². The van der Waals surface area contributed by atoms with Crippen molar-refractivity contribution in [2.75, 3.05) is 6.61 Å². The minimum atomic E-state index is 0.330. The molecule has 0 unspecified atom stereocenters. The second-order valence-corrected chi connectivity index (χ2v) is 2.14. The van der Waals surface area contributed by atoms with Crippen LogP contribution in [0.25, 0.3) is 0 Å². The van der Waals surface area contributed by atoms with E-state index in [-0.39, 0.29) is 0 Å². The molecule has 0 aromatic carbocycles. The second-order valence-electron chi connectivity index (χ2n) is 2.14. The summed E-state index contributed by atoms with van der Waals surface area (Å²) in [5.74, 6) is 0. The Kier molecular flexibility index (Phi) is 30.1. The van der Waals surface area contributed by atoms with Gasteiger partial charge in [0.25, 0.3) is 0 Å². The zero-order valence-corrected chi connectivity index (χ0v) is 10.0. The lowest BCUT2D eigenvalue weighted by molar-refractivity contribution is -0.102. The summed E-state index contributed by atoms with van der Waals surface area (Å²) in [4.78, 5) is 14.4. The number of aldehydes is 1. The molecule has 0 aromatic heterocycles. The number of carbonyl (C=O) groups is 1. The first kappa shape index (κ1) is 18.6. The van der Waals surface area contributed by atoms with Crippen LogP contribution in [-0.4, -0.2) is 18.6 Å². The van der Waals surface area contributed by atoms with E-state index in [0.29, 0.717) is 18.6 Å². The smallest absolute Gasteiger partial charge is 0.167 e. The van der Waals surface area contributed by atoms with Crippen molar-refractivity contribution in [2.24, 2.45) is 5.16 Å². The van der Waals surface area contributed by atoms with E-state index in [1.54, 1.807) is 13.0 Å². The molecule has 0 atom stereocenters. The molecular weight excluding hydrogens is 178 g/mol. The normalized spacial score (nSPS) is 8.50. The maximum Gasteiger partial charge on any atom is 0.167 e. The highest BCUT2D eigenvalue weighted by Gasteiger charge is 1.82. The Balaban J connectivity index is -0.000000205. The standard InChI is InChI=1S/C6H9NO2.C3H8.C2H6/c1-3-4-9-7-6(2)5-8;1-3-2;1-2/h3,5H,1,4H2,2H3;3H2,1-2H3;1-2H3/b7-6+;;. The number of hydrogen-bond acceptors (Lipinski definition) is 3. The third-order valence-corrected chi connectivity index (χ3v) is 0.571. The van der Waals surface area contributed by atoms with Gasteiger partial charge in [0.15, 0.2) is 6.29 Å². The van der Waals surface area contributed by atoms with Crippen LogP contribution in [0, 0.1) is 0 Å². The summed E-state index contributed by atoms with van der Waals surface area (Å²) in [6, 6.07) is 0. The van der Waals surface area contributed by atoms with E-state index in [1.807, 2.05) is 13.8 Å². The SMILES string of the molecule is C=CCO/N=C(\C)C=O.CC.CCC. The average Bonchev–Trinajstić information content (AvgIpc) is 2.22. The molecule has 0 aliphatic carbocycles. The Morgan fingerprint density at radius 3 is 2.14 bits per heavy atom. The van der Waals surface area contributed by atoms with Crippen LogP contribution in [0.4, 0.5) is 0 Å². The summed E-state index contributed by atoms with van der Waals surface area (Å²) in [5, 5.41) is 3.41. The monoisotopic (exact) mass is 201 g/mol. The van der Waals surface area contributed by atoms with Crippen molar-refractivity contribution in [2.45, 2.75) is 41.0 Å². The molecule has 0 amide bonds.